The molecule has 1 heterocycles. The Balaban J connectivity index is 1.90. The maximum atomic E-state index is 13.4. The number of nitrogens with two attached hydrogens (primary N) is 1. The van der Waals surface area contributed by atoms with Gasteiger partial charge in [0.25, 0.3) is 0 Å². The van der Waals surface area contributed by atoms with Gasteiger partial charge in [0, 0.05) is 24.1 Å². The first-order valence-electron chi connectivity index (χ1n) is 7.32. The van der Waals surface area contributed by atoms with Crippen LogP contribution in [0.5, 0.6) is 5.75 Å². The van der Waals surface area contributed by atoms with Crippen LogP contribution in [0.15, 0.2) is 18.2 Å². The van der Waals surface area contributed by atoms with E-state index in [4.69, 9.17) is 10.5 Å². The molecule has 3 unspecified atom stereocenters. The highest BCUT2D eigenvalue weighted by Crippen LogP contribution is 2.45. The third kappa shape index (κ3) is 2.48. The SMILES string of the molecule is CC1CCCC2(CC1)CC(N)c1ccc(F)cc1O2. The van der Waals surface area contributed by atoms with Crippen LogP contribution >= 0.6 is 0 Å². The number of ether oxygens (including phenoxy) is 1. The Kier molecular flexibility index (Phi) is 3.25. The molecule has 1 saturated carbocycles. The van der Waals surface area contributed by atoms with Crippen molar-refractivity contribution < 1.29 is 9.13 Å². The first kappa shape index (κ1) is 12.9. The molecular formula is C16H22FNO. The lowest BCUT2D eigenvalue weighted by atomic mass is 9.82. The summed E-state index contributed by atoms with van der Waals surface area (Å²) in [5.41, 5.74) is 7.07. The molecule has 1 fully saturated rings. The van der Waals surface area contributed by atoms with Crippen LogP contribution in [0.4, 0.5) is 4.39 Å². The van der Waals surface area contributed by atoms with Crippen molar-refractivity contribution in [1.29, 1.82) is 0 Å². The Labute approximate surface area is 114 Å². The van der Waals surface area contributed by atoms with Gasteiger partial charge in [-0.3, -0.25) is 0 Å². The largest absolute Gasteiger partial charge is 0.487 e. The highest BCUT2D eigenvalue weighted by atomic mass is 19.1. The molecule has 0 radical (unpaired) electrons. The molecule has 104 valence electrons. The van der Waals surface area contributed by atoms with Crippen LogP contribution < -0.4 is 10.5 Å². The molecule has 3 atom stereocenters. The molecule has 0 saturated heterocycles. The molecule has 0 amide bonds. The average Bonchev–Trinajstić information content (AvgIpc) is 2.52. The quantitative estimate of drug-likeness (QED) is 0.769. The van der Waals surface area contributed by atoms with Crippen LogP contribution in [0.3, 0.4) is 0 Å². The van der Waals surface area contributed by atoms with Crippen LogP contribution in [0.25, 0.3) is 0 Å². The summed E-state index contributed by atoms with van der Waals surface area (Å²) in [6.07, 6.45) is 6.56. The van der Waals surface area contributed by atoms with Gasteiger partial charge in [-0.05, 0) is 37.7 Å². The van der Waals surface area contributed by atoms with Gasteiger partial charge in [0.05, 0.1) is 0 Å². The molecular weight excluding hydrogens is 241 g/mol. The molecule has 1 aliphatic carbocycles. The predicted octanol–water partition coefficient (Wildman–Crippen LogP) is 3.95. The van der Waals surface area contributed by atoms with Gasteiger partial charge in [-0.25, -0.2) is 4.39 Å². The van der Waals surface area contributed by atoms with Crippen molar-refractivity contribution in [2.45, 2.75) is 57.1 Å². The Morgan fingerprint density at radius 2 is 2.16 bits per heavy atom. The zero-order chi connectivity index (χ0) is 13.5. The summed E-state index contributed by atoms with van der Waals surface area (Å²) in [7, 11) is 0. The smallest absolute Gasteiger partial charge is 0.127 e. The molecule has 1 aromatic carbocycles. The topological polar surface area (TPSA) is 35.2 Å². The average molecular weight is 263 g/mol. The maximum absolute atomic E-state index is 13.4. The number of rotatable bonds is 0. The number of halogens is 1. The molecule has 2 aliphatic rings. The third-order valence-corrected chi connectivity index (χ3v) is 4.72. The standard InChI is InChI=1S/C16H22FNO/c1-11-3-2-7-16(8-6-11)10-14(18)13-5-4-12(17)9-15(13)19-16/h4-5,9,11,14H,2-3,6-8,10,18H2,1H3. The second-order valence-corrected chi connectivity index (χ2v) is 6.31. The second-order valence-electron chi connectivity index (χ2n) is 6.31. The second kappa shape index (κ2) is 4.78. The lowest BCUT2D eigenvalue weighted by Gasteiger charge is -2.41. The van der Waals surface area contributed by atoms with E-state index in [1.807, 2.05) is 0 Å². The Bertz CT molecular complexity index is 476. The van der Waals surface area contributed by atoms with Gasteiger partial charge in [-0.2, -0.15) is 0 Å². The zero-order valence-electron chi connectivity index (χ0n) is 11.5. The Morgan fingerprint density at radius 1 is 1.32 bits per heavy atom. The lowest BCUT2D eigenvalue weighted by Crippen LogP contribution is -2.42. The Hall–Kier alpha value is -1.09. The first-order valence-corrected chi connectivity index (χ1v) is 7.32. The molecule has 1 spiro atoms. The van der Waals surface area contributed by atoms with Crippen LogP contribution in [-0.4, -0.2) is 5.60 Å². The van der Waals surface area contributed by atoms with E-state index in [0.717, 1.165) is 30.7 Å². The fraction of sp³-hybridized carbons (Fsp3) is 0.625. The highest BCUT2D eigenvalue weighted by Gasteiger charge is 2.40. The summed E-state index contributed by atoms with van der Waals surface area (Å²) in [4.78, 5) is 0. The minimum Gasteiger partial charge on any atom is -0.487 e. The number of fused-ring (bicyclic) bond motifs is 1. The lowest BCUT2D eigenvalue weighted by molar-refractivity contribution is 0.0202. The van der Waals surface area contributed by atoms with E-state index >= 15 is 0 Å². The zero-order valence-corrected chi connectivity index (χ0v) is 11.5. The molecule has 1 aliphatic heterocycles. The number of hydrogen-bond acceptors (Lipinski definition) is 2. The monoisotopic (exact) mass is 263 g/mol. The van der Waals surface area contributed by atoms with Crippen LogP contribution in [0.2, 0.25) is 0 Å². The van der Waals surface area contributed by atoms with Crippen molar-refractivity contribution in [1.82, 2.24) is 0 Å². The molecule has 3 rings (SSSR count). The summed E-state index contributed by atoms with van der Waals surface area (Å²) in [5.74, 6) is 1.17. The van der Waals surface area contributed by atoms with Crippen molar-refractivity contribution in [3.05, 3.63) is 29.6 Å². The van der Waals surface area contributed by atoms with Crippen LogP contribution in [0, 0.1) is 11.7 Å². The predicted molar refractivity (Wildman–Crippen MR) is 73.6 cm³/mol. The Morgan fingerprint density at radius 3 is 3.00 bits per heavy atom. The fourth-order valence-electron chi connectivity index (χ4n) is 3.55. The summed E-state index contributed by atoms with van der Waals surface area (Å²) >= 11 is 0. The van der Waals surface area contributed by atoms with Gasteiger partial charge in [0.2, 0.25) is 0 Å². The molecule has 19 heavy (non-hydrogen) atoms. The van der Waals surface area contributed by atoms with E-state index in [1.165, 1.54) is 31.4 Å². The molecule has 0 aromatic heterocycles. The summed E-state index contributed by atoms with van der Waals surface area (Å²) in [6, 6.07) is 4.69. The van der Waals surface area contributed by atoms with Gasteiger partial charge in [0.1, 0.15) is 17.2 Å². The van der Waals surface area contributed by atoms with E-state index in [-0.39, 0.29) is 17.5 Å². The highest BCUT2D eigenvalue weighted by molar-refractivity contribution is 5.39. The van der Waals surface area contributed by atoms with Gasteiger partial charge in [-0.15, -0.1) is 0 Å². The number of benzene rings is 1. The molecule has 2 nitrogen and oxygen atoms in total. The fourth-order valence-corrected chi connectivity index (χ4v) is 3.55. The normalized spacial score (nSPS) is 34.5. The first-order chi connectivity index (χ1) is 9.08. The van der Waals surface area contributed by atoms with Crippen molar-refractivity contribution >= 4 is 0 Å². The van der Waals surface area contributed by atoms with Gasteiger partial charge in [0.15, 0.2) is 0 Å². The summed E-state index contributed by atoms with van der Waals surface area (Å²) in [5, 5.41) is 0. The van der Waals surface area contributed by atoms with Crippen LogP contribution in [0.1, 0.15) is 57.1 Å². The third-order valence-electron chi connectivity index (χ3n) is 4.72. The summed E-state index contributed by atoms with van der Waals surface area (Å²) < 4.78 is 19.6. The molecule has 2 N–H and O–H groups in total. The number of hydrogen-bond donors (Lipinski definition) is 1. The molecule has 0 bridgehead atoms. The maximum Gasteiger partial charge on any atom is 0.127 e. The summed E-state index contributed by atoms with van der Waals surface area (Å²) in [6.45, 7) is 2.30. The van der Waals surface area contributed by atoms with E-state index in [0.29, 0.717) is 5.75 Å². The van der Waals surface area contributed by atoms with Crippen molar-refractivity contribution in [2.75, 3.05) is 0 Å². The van der Waals surface area contributed by atoms with E-state index in [9.17, 15) is 4.39 Å². The molecule has 1 aromatic rings. The van der Waals surface area contributed by atoms with Crippen molar-refractivity contribution in [3.63, 3.8) is 0 Å². The van der Waals surface area contributed by atoms with Gasteiger partial charge < -0.3 is 10.5 Å². The van der Waals surface area contributed by atoms with E-state index in [1.54, 1.807) is 6.07 Å². The minimum atomic E-state index is -0.245. The minimum absolute atomic E-state index is 0.0299. The van der Waals surface area contributed by atoms with Crippen molar-refractivity contribution in [3.8, 4) is 5.75 Å². The molecule has 3 heteroatoms. The van der Waals surface area contributed by atoms with Crippen LogP contribution in [-0.2, 0) is 0 Å². The van der Waals surface area contributed by atoms with Gasteiger partial charge in [-0.1, -0.05) is 19.4 Å². The van der Waals surface area contributed by atoms with E-state index in [2.05, 4.69) is 6.92 Å². The van der Waals surface area contributed by atoms with E-state index < -0.39 is 0 Å². The van der Waals surface area contributed by atoms with Crippen molar-refractivity contribution in [2.24, 2.45) is 11.7 Å². The van der Waals surface area contributed by atoms with Gasteiger partial charge >= 0.3 is 0 Å².